The first-order valence-corrected chi connectivity index (χ1v) is 7.22. The van der Waals surface area contributed by atoms with Crippen molar-refractivity contribution in [2.24, 2.45) is 5.92 Å². The zero-order valence-corrected chi connectivity index (χ0v) is 11.2. The van der Waals surface area contributed by atoms with Gasteiger partial charge in [-0.2, -0.15) is 0 Å². The Bertz CT molecular complexity index is 375. The summed E-state index contributed by atoms with van der Waals surface area (Å²) in [4.78, 5) is 6.93. The molecule has 2 heterocycles. The van der Waals surface area contributed by atoms with Crippen LogP contribution in [-0.4, -0.2) is 30.7 Å². The Kier molecular flexibility index (Phi) is 3.50. The minimum absolute atomic E-state index is 0.729. The van der Waals surface area contributed by atoms with E-state index in [0.29, 0.717) is 0 Å². The van der Waals surface area contributed by atoms with Gasteiger partial charge in [-0.3, -0.25) is 0 Å². The van der Waals surface area contributed by atoms with Gasteiger partial charge in [0.15, 0.2) is 0 Å². The number of piperidine rings is 1. The second-order valence-corrected chi connectivity index (χ2v) is 5.81. The van der Waals surface area contributed by atoms with Gasteiger partial charge in [0, 0.05) is 25.3 Å². The van der Waals surface area contributed by atoms with Gasteiger partial charge in [-0.15, -0.1) is 0 Å². The second-order valence-electron chi connectivity index (χ2n) is 5.81. The number of nitrogens with zero attached hydrogens (tertiary/aromatic N) is 2. The smallest absolute Gasteiger partial charge is 0.128 e. The Hall–Kier alpha value is -1.09. The normalized spacial score (nSPS) is 21.3. The summed E-state index contributed by atoms with van der Waals surface area (Å²) in [6, 6.07) is 5.03. The molecule has 0 aromatic carbocycles. The molecule has 0 unspecified atom stereocenters. The Labute approximate surface area is 110 Å². The van der Waals surface area contributed by atoms with Crippen molar-refractivity contribution in [2.75, 3.05) is 24.5 Å². The molecular weight excluding hydrogens is 222 g/mol. The molecule has 98 valence electrons. The highest BCUT2D eigenvalue weighted by molar-refractivity contribution is 5.39. The van der Waals surface area contributed by atoms with Crippen molar-refractivity contribution in [3.8, 4) is 0 Å². The summed E-state index contributed by atoms with van der Waals surface area (Å²) in [5.74, 6) is 2.13. The van der Waals surface area contributed by atoms with Crippen molar-refractivity contribution in [3.05, 3.63) is 23.9 Å². The average molecular weight is 245 g/mol. The monoisotopic (exact) mass is 245 g/mol. The van der Waals surface area contributed by atoms with Crippen LogP contribution in [0.3, 0.4) is 0 Å². The van der Waals surface area contributed by atoms with E-state index >= 15 is 0 Å². The van der Waals surface area contributed by atoms with Crippen LogP contribution in [0, 0.1) is 12.8 Å². The Morgan fingerprint density at radius 1 is 1.22 bits per heavy atom. The molecule has 1 aliphatic heterocycles. The van der Waals surface area contributed by atoms with Crippen LogP contribution >= 0.6 is 0 Å². The van der Waals surface area contributed by atoms with Crippen LogP contribution in [0.25, 0.3) is 0 Å². The molecule has 1 saturated carbocycles. The van der Waals surface area contributed by atoms with Gasteiger partial charge < -0.3 is 10.2 Å². The molecule has 0 atom stereocenters. The fourth-order valence-electron chi connectivity index (χ4n) is 2.62. The predicted octanol–water partition coefficient (Wildman–Crippen LogP) is 2.36. The van der Waals surface area contributed by atoms with Crippen molar-refractivity contribution >= 4 is 5.82 Å². The lowest BCUT2D eigenvalue weighted by Gasteiger charge is -2.33. The van der Waals surface area contributed by atoms with E-state index in [2.05, 4.69) is 34.3 Å². The van der Waals surface area contributed by atoms with Crippen LogP contribution in [0.15, 0.2) is 18.3 Å². The molecule has 3 heteroatoms. The third-order valence-corrected chi connectivity index (χ3v) is 4.11. The van der Waals surface area contributed by atoms with Crippen molar-refractivity contribution in [3.63, 3.8) is 0 Å². The lowest BCUT2D eigenvalue weighted by atomic mass is 10.0. The van der Waals surface area contributed by atoms with E-state index in [1.54, 1.807) is 0 Å². The van der Waals surface area contributed by atoms with E-state index in [-0.39, 0.29) is 0 Å². The molecule has 1 saturated heterocycles. The summed E-state index contributed by atoms with van der Waals surface area (Å²) in [6.07, 6.45) is 7.36. The Morgan fingerprint density at radius 3 is 2.61 bits per heavy atom. The van der Waals surface area contributed by atoms with Crippen molar-refractivity contribution in [1.82, 2.24) is 10.3 Å². The molecule has 2 aliphatic rings. The maximum Gasteiger partial charge on any atom is 0.128 e. The third-order valence-electron chi connectivity index (χ3n) is 4.11. The standard InChI is InChI=1S/C15H23N3/c1-12-2-5-15(17-10-12)18-8-6-14(7-9-18)16-11-13-3-4-13/h2,5,10,13-14,16H,3-4,6-9,11H2,1H3. The average Bonchev–Trinajstić information content (AvgIpc) is 3.22. The summed E-state index contributed by atoms with van der Waals surface area (Å²) in [5, 5.41) is 3.72. The van der Waals surface area contributed by atoms with E-state index in [0.717, 1.165) is 30.9 Å². The fraction of sp³-hybridized carbons (Fsp3) is 0.667. The van der Waals surface area contributed by atoms with Crippen LogP contribution < -0.4 is 10.2 Å². The molecular formula is C15H23N3. The number of rotatable bonds is 4. The number of pyridine rings is 1. The number of hydrogen-bond acceptors (Lipinski definition) is 3. The zero-order chi connectivity index (χ0) is 12.4. The lowest BCUT2D eigenvalue weighted by molar-refractivity contribution is 0.407. The SMILES string of the molecule is Cc1ccc(N2CCC(NCC3CC3)CC2)nc1. The van der Waals surface area contributed by atoms with E-state index in [9.17, 15) is 0 Å². The molecule has 0 radical (unpaired) electrons. The quantitative estimate of drug-likeness (QED) is 0.882. The van der Waals surface area contributed by atoms with Gasteiger partial charge in [0.2, 0.25) is 0 Å². The Balaban J connectivity index is 1.48. The summed E-state index contributed by atoms with van der Waals surface area (Å²) in [7, 11) is 0. The molecule has 2 fully saturated rings. The number of aryl methyl sites for hydroxylation is 1. The molecule has 0 spiro atoms. The summed E-state index contributed by atoms with van der Waals surface area (Å²) in [6.45, 7) is 5.61. The molecule has 18 heavy (non-hydrogen) atoms. The van der Waals surface area contributed by atoms with Gasteiger partial charge in [0.25, 0.3) is 0 Å². The number of hydrogen-bond donors (Lipinski definition) is 1. The largest absolute Gasteiger partial charge is 0.357 e. The van der Waals surface area contributed by atoms with Crippen molar-refractivity contribution in [1.29, 1.82) is 0 Å². The maximum absolute atomic E-state index is 4.52. The highest BCUT2D eigenvalue weighted by Crippen LogP contribution is 2.28. The van der Waals surface area contributed by atoms with E-state index in [1.165, 1.54) is 37.8 Å². The van der Waals surface area contributed by atoms with Gasteiger partial charge in [-0.25, -0.2) is 4.98 Å². The van der Waals surface area contributed by atoms with Crippen LogP contribution in [0.1, 0.15) is 31.2 Å². The second kappa shape index (κ2) is 5.27. The van der Waals surface area contributed by atoms with Gasteiger partial charge in [0.1, 0.15) is 5.82 Å². The first-order chi connectivity index (χ1) is 8.81. The van der Waals surface area contributed by atoms with E-state index < -0.39 is 0 Å². The molecule has 3 rings (SSSR count). The summed E-state index contributed by atoms with van der Waals surface area (Å²) >= 11 is 0. The van der Waals surface area contributed by atoms with Gasteiger partial charge in [-0.05, 0) is 56.7 Å². The fourth-order valence-corrected chi connectivity index (χ4v) is 2.62. The van der Waals surface area contributed by atoms with Crippen LogP contribution in [0.2, 0.25) is 0 Å². The number of aromatic nitrogens is 1. The van der Waals surface area contributed by atoms with E-state index in [4.69, 9.17) is 0 Å². The Morgan fingerprint density at radius 2 is 2.00 bits per heavy atom. The highest BCUT2D eigenvalue weighted by Gasteiger charge is 2.24. The van der Waals surface area contributed by atoms with Gasteiger partial charge >= 0.3 is 0 Å². The first kappa shape index (κ1) is 12.0. The molecule has 1 N–H and O–H groups in total. The molecule has 0 bridgehead atoms. The van der Waals surface area contributed by atoms with Gasteiger partial charge in [0.05, 0.1) is 0 Å². The van der Waals surface area contributed by atoms with Crippen LogP contribution in [-0.2, 0) is 0 Å². The highest BCUT2D eigenvalue weighted by atomic mass is 15.2. The molecule has 0 amide bonds. The topological polar surface area (TPSA) is 28.2 Å². The number of anilines is 1. The molecule has 1 aliphatic carbocycles. The van der Waals surface area contributed by atoms with Gasteiger partial charge in [-0.1, -0.05) is 6.07 Å². The number of nitrogens with one attached hydrogen (secondary N) is 1. The van der Waals surface area contributed by atoms with Crippen molar-refractivity contribution in [2.45, 2.75) is 38.6 Å². The molecule has 1 aromatic heterocycles. The summed E-state index contributed by atoms with van der Waals surface area (Å²) < 4.78 is 0. The van der Waals surface area contributed by atoms with Crippen LogP contribution in [0.4, 0.5) is 5.82 Å². The molecule has 1 aromatic rings. The van der Waals surface area contributed by atoms with Crippen molar-refractivity contribution < 1.29 is 0 Å². The van der Waals surface area contributed by atoms with Crippen LogP contribution in [0.5, 0.6) is 0 Å². The molecule has 3 nitrogen and oxygen atoms in total. The van der Waals surface area contributed by atoms with E-state index in [1.807, 2.05) is 6.20 Å². The minimum atomic E-state index is 0.729. The summed E-state index contributed by atoms with van der Waals surface area (Å²) in [5.41, 5.74) is 1.24. The third kappa shape index (κ3) is 3.02. The predicted molar refractivity (Wildman–Crippen MR) is 74.9 cm³/mol. The zero-order valence-electron chi connectivity index (χ0n) is 11.2. The maximum atomic E-state index is 4.52. The minimum Gasteiger partial charge on any atom is -0.357 e. The lowest BCUT2D eigenvalue weighted by Crippen LogP contribution is -2.43. The first-order valence-electron chi connectivity index (χ1n) is 7.22.